The van der Waals surface area contributed by atoms with E-state index in [1.807, 2.05) is 0 Å². The molecule has 0 aliphatic carbocycles. The largest absolute Gasteiger partial charge is 0.530 e. The molecule has 0 spiro atoms. The van der Waals surface area contributed by atoms with Gasteiger partial charge in [0.15, 0.2) is 0 Å². The number of carbonyl (C=O) groups is 1. The predicted octanol–water partition coefficient (Wildman–Crippen LogP) is 0.0744. The summed E-state index contributed by atoms with van der Waals surface area (Å²) in [6, 6.07) is 0. The van der Waals surface area contributed by atoms with Crippen LogP contribution in [0.25, 0.3) is 0 Å². The third-order valence-corrected chi connectivity index (χ3v) is 3.47. The molecule has 8 nitrogen and oxygen atoms in total. The fraction of sp³-hybridized carbons (Fsp3) is 0.750. The van der Waals surface area contributed by atoms with E-state index in [1.54, 1.807) is 0 Å². The third-order valence-electron chi connectivity index (χ3n) is 1.53. The number of carbonyl (C=O) groups excluding carboxylic acids is 1. The zero-order chi connectivity index (χ0) is 12.6. The van der Waals surface area contributed by atoms with E-state index in [9.17, 15) is 26.2 Å². The molecule has 1 fully saturated rings. The second-order valence-corrected chi connectivity index (χ2v) is 5.78. The lowest BCUT2D eigenvalue weighted by molar-refractivity contribution is 0.0753. The molecule has 94 valence electrons. The smallest absolute Gasteiger partial charge is 0.441 e. The zero-order valence-electron chi connectivity index (χ0n) is 7.58. The Hall–Kier alpha value is -0.770. The number of nitrogens with two attached hydrogens (primary N) is 1. The summed E-state index contributed by atoms with van der Waals surface area (Å²) < 4.78 is 63.3. The number of ether oxygens (including phenoxy) is 1. The number of amides is 1. The van der Waals surface area contributed by atoms with Gasteiger partial charge in [-0.3, -0.25) is 4.18 Å². The van der Waals surface area contributed by atoms with Crippen LogP contribution in [0.2, 0.25) is 0 Å². The highest BCUT2D eigenvalue weighted by Crippen LogP contribution is 2.51. The molecule has 0 aromatic heterocycles. The van der Waals surface area contributed by atoms with E-state index in [2.05, 4.69) is 14.8 Å². The molecule has 1 unspecified atom stereocenters. The number of rotatable bonds is 2. The van der Waals surface area contributed by atoms with Gasteiger partial charge in [-0.1, -0.05) is 0 Å². The minimum Gasteiger partial charge on any atom is -0.441 e. The summed E-state index contributed by atoms with van der Waals surface area (Å²) in [7, 11) is -9.75. The average molecular weight is 280 g/mol. The minimum absolute atomic E-state index is 0.481. The van der Waals surface area contributed by atoms with Gasteiger partial charge in [0.05, 0.1) is 0 Å². The number of hydrazine groups is 1. The van der Waals surface area contributed by atoms with Gasteiger partial charge in [-0.2, -0.15) is 8.42 Å². The van der Waals surface area contributed by atoms with Crippen LogP contribution >= 0.6 is 7.91 Å². The van der Waals surface area contributed by atoms with Crippen molar-refractivity contribution in [3.8, 4) is 0 Å². The first-order valence-electron chi connectivity index (χ1n) is 3.74. The lowest BCUT2D eigenvalue weighted by Gasteiger charge is -2.15. The van der Waals surface area contributed by atoms with Gasteiger partial charge in [0, 0.05) is 0 Å². The van der Waals surface area contributed by atoms with Crippen LogP contribution in [0.15, 0.2) is 0 Å². The number of hydrogen-bond acceptors (Lipinski definition) is 7. The van der Waals surface area contributed by atoms with Crippen LogP contribution < -0.4 is 5.84 Å². The summed E-state index contributed by atoms with van der Waals surface area (Å²) in [6.07, 6.45) is -3.02. The molecule has 0 saturated carbocycles. The molecule has 16 heavy (non-hydrogen) atoms. The lowest BCUT2D eigenvalue weighted by Crippen LogP contribution is -2.36. The van der Waals surface area contributed by atoms with Gasteiger partial charge >= 0.3 is 14.0 Å². The fourth-order valence-electron chi connectivity index (χ4n) is 0.863. The summed E-state index contributed by atoms with van der Waals surface area (Å²) in [4.78, 5) is 10.8. The van der Waals surface area contributed by atoms with Crippen LogP contribution in [-0.2, 0) is 23.6 Å². The predicted molar refractivity (Wildman–Crippen MR) is 45.9 cm³/mol. The molecular formula is C4H7F2N2O6PS. The third kappa shape index (κ3) is 3.37. The Morgan fingerprint density at radius 2 is 2.12 bits per heavy atom. The standard InChI is InChI=1S/C4H7F2N2O6PS/c5-15(6,10)8(7)4(9)14-3-1-13-16(11,12)2-3/h3H,1-2,7H2. The number of halogens is 2. The summed E-state index contributed by atoms with van der Waals surface area (Å²) in [5, 5.41) is 0. The van der Waals surface area contributed by atoms with Crippen LogP contribution in [0, 0.1) is 0 Å². The quantitative estimate of drug-likeness (QED) is 0.250. The van der Waals surface area contributed by atoms with Crippen LogP contribution in [0.3, 0.4) is 0 Å². The highest BCUT2D eigenvalue weighted by atomic mass is 32.2. The molecule has 0 aromatic rings. The molecule has 1 heterocycles. The molecule has 0 bridgehead atoms. The Kier molecular flexibility index (Phi) is 3.53. The first kappa shape index (κ1) is 13.3. The van der Waals surface area contributed by atoms with Crippen molar-refractivity contribution < 1.29 is 35.1 Å². The zero-order valence-corrected chi connectivity index (χ0v) is 9.29. The summed E-state index contributed by atoms with van der Waals surface area (Å²) in [6.45, 7) is -0.481. The summed E-state index contributed by atoms with van der Waals surface area (Å²) in [5.41, 5.74) is 0. The van der Waals surface area contributed by atoms with E-state index >= 15 is 0 Å². The van der Waals surface area contributed by atoms with E-state index in [0.717, 1.165) is 0 Å². The van der Waals surface area contributed by atoms with E-state index in [1.165, 1.54) is 0 Å². The number of nitrogens with zero attached hydrogens (tertiary/aromatic N) is 1. The van der Waals surface area contributed by atoms with Crippen molar-refractivity contribution in [1.29, 1.82) is 0 Å². The molecule has 1 amide bonds. The van der Waals surface area contributed by atoms with Crippen molar-refractivity contribution in [2.24, 2.45) is 5.84 Å². The molecule has 1 atom stereocenters. The van der Waals surface area contributed by atoms with Crippen molar-refractivity contribution in [3.63, 3.8) is 0 Å². The SMILES string of the molecule is NN(C(=O)OC1COS(=O)(=O)C1)P(=O)(F)F. The first-order chi connectivity index (χ1) is 7.12. The Balaban J connectivity index is 2.57. The van der Waals surface area contributed by atoms with E-state index in [-0.39, 0.29) is 0 Å². The second kappa shape index (κ2) is 4.24. The monoisotopic (exact) mass is 280 g/mol. The average Bonchev–Trinajstić information content (AvgIpc) is 2.42. The molecular weight excluding hydrogens is 273 g/mol. The molecule has 0 aromatic carbocycles. The van der Waals surface area contributed by atoms with Gasteiger partial charge in [-0.15, -0.1) is 13.2 Å². The first-order valence-corrected chi connectivity index (χ1v) is 6.76. The van der Waals surface area contributed by atoms with Gasteiger partial charge in [-0.25, -0.2) is 15.2 Å². The minimum atomic E-state index is -5.96. The van der Waals surface area contributed by atoms with Crippen LogP contribution in [0.4, 0.5) is 13.2 Å². The topological polar surface area (TPSA) is 116 Å². The van der Waals surface area contributed by atoms with Gasteiger partial charge < -0.3 is 4.74 Å². The molecule has 2 N–H and O–H groups in total. The number of hydrogen-bond donors (Lipinski definition) is 1. The van der Waals surface area contributed by atoms with Crippen molar-refractivity contribution >= 4 is 24.1 Å². The Bertz CT molecular complexity index is 434. The molecule has 12 heteroatoms. The van der Waals surface area contributed by atoms with Crippen molar-refractivity contribution in [2.45, 2.75) is 6.10 Å². The summed E-state index contributed by atoms with van der Waals surface area (Å²) in [5.74, 6) is 3.84. The maximum Gasteiger partial charge on any atom is 0.530 e. The Morgan fingerprint density at radius 3 is 2.50 bits per heavy atom. The molecule has 1 aliphatic heterocycles. The molecule has 1 aliphatic rings. The van der Waals surface area contributed by atoms with Gasteiger partial charge in [0.25, 0.3) is 10.1 Å². The van der Waals surface area contributed by atoms with Crippen LogP contribution in [-0.4, -0.2) is 37.8 Å². The van der Waals surface area contributed by atoms with E-state index < -0.39 is 47.4 Å². The normalized spacial score (nSPS) is 24.1. The van der Waals surface area contributed by atoms with Crippen molar-refractivity contribution in [3.05, 3.63) is 0 Å². The van der Waals surface area contributed by atoms with Crippen LogP contribution in [0.1, 0.15) is 0 Å². The van der Waals surface area contributed by atoms with E-state index in [4.69, 9.17) is 0 Å². The second-order valence-electron chi connectivity index (χ2n) is 2.79. The Morgan fingerprint density at radius 1 is 1.56 bits per heavy atom. The van der Waals surface area contributed by atoms with Crippen molar-refractivity contribution in [1.82, 2.24) is 4.78 Å². The van der Waals surface area contributed by atoms with Gasteiger partial charge in [0.2, 0.25) is 0 Å². The maximum atomic E-state index is 12.1. The van der Waals surface area contributed by atoms with Gasteiger partial charge in [0.1, 0.15) is 18.5 Å². The fourth-order valence-corrected chi connectivity index (χ4v) is 2.18. The maximum absolute atomic E-state index is 12.1. The van der Waals surface area contributed by atoms with E-state index in [0.29, 0.717) is 0 Å². The van der Waals surface area contributed by atoms with Gasteiger partial charge in [-0.05, 0) is 0 Å². The van der Waals surface area contributed by atoms with Crippen molar-refractivity contribution in [2.75, 3.05) is 12.4 Å². The highest BCUT2D eigenvalue weighted by molar-refractivity contribution is 7.87. The molecule has 0 radical (unpaired) electrons. The summed E-state index contributed by atoms with van der Waals surface area (Å²) >= 11 is 0. The molecule has 1 rings (SSSR count). The molecule has 1 saturated heterocycles. The Labute approximate surface area is 89.0 Å². The lowest BCUT2D eigenvalue weighted by atomic mass is 10.4. The van der Waals surface area contributed by atoms with Crippen LogP contribution in [0.5, 0.6) is 0 Å². The highest BCUT2D eigenvalue weighted by Gasteiger charge is 2.38.